The van der Waals surface area contributed by atoms with Gasteiger partial charge in [-0.1, -0.05) is 47.5 Å². The molecule has 0 atom stereocenters. The largest absolute Gasteiger partial charge is 1.00 e. The average molecular weight is 587 g/mol. The molecule has 2 aromatic heterocycles. The third-order valence-electron chi connectivity index (χ3n) is 3.40. The van der Waals surface area contributed by atoms with Gasteiger partial charge in [0.05, 0.1) is 21.4 Å². The Morgan fingerprint density at radius 2 is 0.758 bits per heavy atom. The summed E-state index contributed by atoms with van der Waals surface area (Å²) in [4.78, 5) is 22.7. The predicted octanol–water partition coefficient (Wildman–Crippen LogP) is 4.15. The summed E-state index contributed by atoms with van der Waals surface area (Å²) >= 11 is 34.5. The van der Waals surface area contributed by atoms with E-state index in [0.29, 0.717) is 21.4 Å². The number of aromatic nitrogens is 6. The smallest absolute Gasteiger partial charge is 0.232 e. The van der Waals surface area contributed by atoms with Gasteiger partial charge in [0, 0.05) is 0 Å². The molecule has 0 aliphatic rings. The van der Waals surface area contributed by atoms with Gasteiger partial charge in [0.1, 0.15) is 0 Å². The van der Waals surface area contributed by atoms with Crippen molar-refractivity contribution in [3.63, 3.8) is 0 Å². The summed E-state index contributed by atoms with van der Waals surface area (Å²) in [6, 6.07) is 14.4. The Kier molecular flexibility index (Phi) is 10.9. The topological polar surface area (TPSA) is 101 Å². The number of benzene rings is 2. The van der Waals surface area contributed by atoms with Crippen LogP contribution in [0.15, 0.2) is 48.5 Å². The molecule has 33 heavy (non-hydrogen) atoms. The van der Waals surface area contributed by atoms with Crippen molar-refractivity contribution in [2.45, 2.75) is 0 Å². The molecule has 0 saturated carbocycles. The molecule has 0 bridgehead atoms. The van der Waals surface area contributed by atoms with Crippen LogP contribution in [0.25, 0.3) is 0 Å². The second kappa shape index (κ2) is 13.1. The lowest BCUT2D eigenvalue weighted by atomic mass is 10.3. The zero-order chi connectivity index (χ0) is 23.1. The van der Waals surface area contributed by atoms with Crippen LogP contribution in [-0.4, -0.2) is 29.9 Å². The lowest BCUT2D eigenvalue weighted by molar-refractivity contribution is -0.00000646. The SMILES string of the molecule is Clc1nc(Cl)nc(Nc2ccccc2Cl)n1.Clc1nc(Cl)nc(Nc2ccccc2Cl)n1.[Cl-]. The molecule has 8 nitrogen and oxygen atoms in total. The van der Waals surface area contributed by atoms with E-state index in [1.54, 1.807) is 24.3 Å². The minimum absolute atomic E-state index is 0. The first kappa shape index (κ1) is 27.3. The molecule has 172 valence electrons. The van der Waals surface area contributed by atoms with E-state index >= 15 is 0 Å². The van der Waals surface area contributed by atoms with Crippen LogP contribution in [0.5, 0.6) is 0 Å². The Morgan fingerprint density at radius 1 is 0.455 bits per heavy atom. The number of rotatable bonds is 4. The van der Waals surface area contributed by atoms with Gasteiger partial charge in [-0.05, 0) is 70.7 Å². The summed E-state index contributed by atoms with van der Waals surface area (Å²) in [5.41, 5.74) is 1.34. The molecule has 4 aromatic rings. The molecule has 0 aliphatic carbocycles. The summed E-state index contributed by atoms with van der Waals surface area (Å²) in [6.45, 7) is 0. The lowest BCUT2D eigenvalue weighted by Crippen LogP contribution is -3.00. The van der Waals surface area contributed by atoms with Crippen molar-refractivity contribution < 1.29 is 12.4 Å². The van der Waals surface area contributed by atoms with Crippen LogP contribution in [0, 0.1) is 0 Å². The zero-order valence-electron chi connectivity index (χ0n) is 15.9. The molecular formula is C18H10Cl7N8-. The van der Waals surface area contributed by atoms with Crippen LogP contribution in [0.4, 0.5) is 23.3 Å². The molecule has 2 aromatic carbocycles. The van der Waals surface area contributed by atoms with Gasteiger partial charge < -0.3 is 23.0 Å². The number of halogens is 7. The fraction of sp³-hybridized carbons (Fsp3) is 0. The van der Waals surface area contributed by atoms with Crippen molar-refractivity contribution in [1.82, 2.24) is 29.9 Å². The monoisotopic (exact) mass is 583 g/mol. The third kappa shape index (κ3) is 8.75. The predicted molar refractivity (Wildman–Crippen MR) is 129 cm³/mol. The van der Waals surface area contributed by atoms with Crippen LogP contribution < -0.4 is 23.0 Å². The van der Waals surface area contributed by atoms with E-state index in [1.807, 2.05) is 24.3 Å². The molecule has 15 heteroatoms. The molecule has 0 spiro atoms. The van der Waals surface area contributed by atoms with E-state index in [2.05, 4.69) is 40.5 Å². The minimum Gasteiger partial charge on any atom is -1.00 e. The first-order chi connectivity index (χ1) is 15.3. The van der Waals surface area contributed by atoms with E-state index in [0.717, 1.165) is 0 Å². The molecule has 0 fully saturated rings. The van der Waals surface area contributed by atoms with Gasteiger partial charge in [0.15, 0.2) is 0 Å². The van der Waals surface area contributed by atoms with Gasteiger partial charge in [-0.15, -0.1) is 0 Å². The standard InChI is InChI=1S/2C9H5Cl3N4.ClH/c2*10-5-3-1-2-4-6(5)13-9-15-7(11)14-8(12)16-9;/h2*1-4H,(H,13,14,15,16);1H/p-1. The van der Waals surface area contributed by atoms with E-state index < -0.39 is 0 Å². The number of para-hydroxylation sites is 2. The van der Waals surface area contributed by atoms with Crippen LogP contribution in [0.1, 0.15) is 0 Å². The fourth-order valence-electron chi connectivity index (χ4n) is 2.13. The molecular weight excluding hydrogens is 576 g/mol. The van der Waals surface area contributed by atoms with Gasteiger partial charge in [-0.2, -0.15) is 29.9 Å². The Labute approximate surface area is 224 Å². The Bertz CT molecular complexity index is 1090. The van der Waals surface area contributed by atoms with E-state index in [-0.39, 0.29) is 45.4 Å². The highest BCUT2D eigenvalue weighted by Gasteiger charge is 2.06. The normalized spacial score (nSPS) is 9.88. The van der Waals surface area contributed by atoms with Gasteiger partial charge in [0.25, 0.3) is 0 Å². The fourth-order valence-corrected chi connectivity index (χ4v) is 3.22. The Hall–Kier alpha value is -1.91. The number of nitrogens with zero attached hydrogens (tertiary/aromatic N) is 6. The summed E-state index contributed by atoms with van der Waals surface area (Å²) in [6.07, 6.45) is 0. The molecule has 0 saturated heterocycles. The maximum atomic E-state index is 5.95. The van der Waals surface area contributed by atoms with E-state index in [9.17, 15) is 0 Å². The van der Waals surface area contributed by atoms with E-state index in [1.165, 1.54) is 0 Å². The van der Waals surface area contributed by atoms with Crippen molar-refractivity contribution in [2.75, 3.05) is 10.6 Å². The molecule has 2 N–H and O–H groups in total. The highest BCUT2D eigenvalue weighted by molar-refractivity contribution is 6.34. The quantitative estimate of drug-likeness (QED) is 0.368. The van der Waals surface area contributed by atoms with Crippen molar-refractivity contribution in [3.8, 4) is 0 Å². The van der Waals surface area contributed by atoms with Gasteiger partial charge in [-0.25, -0.2) is 0 Å². The van der Waals surface area contributed by atoms with Gasteiger partial charge in [0.2, 0.25) is 33.0 Å². The second-order valence-corrected chi connectivity index (χ2v) is 7.77. The van der Waals surface area contributed by atoms with Crippen molar-refractivity contribution >= 4 is 92.9 Å². The summed E-state index contributed by atoms with van der Waals surface area (Å²) in [7, 11) is 0. The van der Waals surface area contributed by atoms with Crippen LogP contribution in [0.3, 0.4) is 0 Å². The summed E-state index contributed by atoms with van der Waals surface area (Å²) < 4.78 is 0. The Balaban J connectivity index is 0.000000227. The molecule has 2 heterocycles. The number of nitrogens with one attached hydrogen (secondary N) is 2. The molecule has 0 radical (unpaired) electrons. The zero-order valence-corrected chi connectivity index (χ0v) is 21.2. The molecule has 4 rings (SSSR count). The first-order valence-electron chi connectivity index (χ1n) is 8.47. The number of hydrogen-bond acceptors (Lipinski definition) is 8. The van der Waals surface area contributed by atoms with Crippen molar-refractivity contribution in [2.24, 2.45) is 0 Å². The van der Waals surface area contributed by atoms with Gasteiger partial charge >= 0.3 is 0 Å². The van der Waals surface area contributed by atoms with Crippen molar-refractivity contribution in [1.29, 1.82) is 0 Å². The number of hydrogen-bond donors (Lipinski definition) is 2. The minimum atomic E-state index is 0. The maximum Gasteiger partial charge on any atom is 0.232 e. The molecule has 0 aliphatic heterocycles. The van der Waals surface area contributed by atoms with Crippen molar-refractivity contribution in [3.05, 3.63) is 79.7 Å². The van der Waals surface area contributed by atoms with Crippen LogP contribution >= 0.6 is 69.6 Å². The van der Waals surface area contributed by atoms with Crippen LogP contribution in [0.2, 0.25) is 31.2 Å². The first-order valence-corrected chi connectivity index (χ1v) is 10.7. The van der Waals surface area contributed by atoms with Crippen LogP contribution in [-0.2, 0) is 0 Å². The number of anilines is 4. The van der Waals surface area contributed by atoms with Gasteiger partial charge in [-0.3, -0.25) is 0 Å². The second-order valence-electron chi connectivity index (χ2n) is 5.60. The average Bonchev–Trinajstić information content (AvgIpc) is 2.71. The molecule has 0 amide bonds. The Morgan fingerprint density at radius 3 is 1.06 bits per heavy atom. The summed E-state index contributed by atoms with van der Waals surface area (Å²) in [5.74, 6) is 0.496. The van der Waals surface area contributed by atoms with E-state index in [4.69, 9.17) is 69.6 Å². The third-order valence-corrected chi connectivity index (χ3v) is 4.74. The summed E-state index contributed by atoms with van der Waals surface area (Å²) in [5, 5.41) is 6.97. The highest BCUT2D eigenvalue weighted by atomic mass is 35.5. The maximum absolute atomic E-state index is 5.95. The lowest BCUT2D eigenvalue weighted by Gasteiger charge is -2.06. The highest BCUT2D eigenvalue weighted by Crippen LogP contribution is 2.25. The molecule has 0 unspecified atom stereocenters.